The molecule has 0 radical (unpaired) electrons. The van der Waals surface area contributed by atoms with Crippen LogP contribution < -0.4 is 0 Å². The molecule has 1 aliphatic heterocycles. The highest BCUT2D eigenvalue weighted by molar-refractivity contribution is 5.84. The van der Waals surface area contributed by atoms with Crippen LogP contribution in [0.1, 0.15) is 132 Å². The fourth-order valence-corrected chi connectivity index (χ4v) is 13.6. The van der Waals surface area contributed by atoms with Crippen molar-refractivity contribution in [1.82, 2.24) is 9.80 Å². The van der Waals surface area contributed by atoms with Gasteiger partial charge in [-0.3, -0.25) is 4.79 Å². The third kappa shape index (κ3) is 4.02. The number of hydrogen-bond acceptors (Lipinski definition) is 2. The van der Waals surface area contributed by atoms with Gasteiger partial charge in [-0.2, -0.15) is 0 Å². The lowest BCUT2D eigenvalue weighted by Crippen LogP contribution is -2.65. The van der Waals surface area contributed by atoms with Gasteiger partial charge in [0.2, 0.25) is 5.91 Å². The van der Waals surface area contributed by atoms with Crippen molar-refractivity contribution in [2.24, 2.45) is 62.1 Å². The van der Waals surface area contributed by atoms with Crippen molar-refractivity contribution in [1.29, 1.82) is 0 Å². The molecule has 0 aromatic heterocycles. The molecule has 1 saturated heterocycles. The van der Waals surface area contributed by atoms with Crippen LogP contribution in [0.5, 0.6) is 0 Å². The van der Waals surface area contributed by atoms with E-state index in [1.807, 2.05) is 0 Å². The van der Waals surface area contributed by atoms with E-state index in [0.717, 1.165) is 69.2 Å². The number of allylic oxidation sites excluding steroid dienone is 2. The molecule has 0 N–H and O–H groups in total. The molecule has 5 saturated carbocycles. The maximum Gasteiger partial charge on any atom is 0.229 e. The first-order chi connectivity index (χ1) is 19.7. The molecular weight excluding hydrogens is 512 g/mol. The molecule has 0 spiro atoms. The summed E-state index contributed by atoms with van der Waals surface area (Å²) in [6.45, 7) is 25.9. The van der Waals surface area contributed by atoms with Crippen molar-refractivity contribution in [2.75, 3.05) is 32.7 Å². The quantitative estimate of drug-likeness (QED) is 0.313. The van der Waals surface area contributed by atoms with Gasteiger partial charge in [0, 0.05) is 26.2 Å². The van der Waals surface area contributed by atoms with Crippen molar-refractivity contribution in [2.45, 2.75) is 132 Å². The summed E-state index contributed by atoms with van der Waals surface area (Å²) in [5.74, 6) is 4.58. The summed E-state index contributed by atoms with van der Waals surface area (Å²) < 4.78 is 0. The lowest BCUT2D eigenvalue weighted by atomic mass is 9.33. The molecule has 1 heterocycles. The van der Waals surface area contributed by atoms with Gasteiger partial charge in [-0.1, -0.05) is 67.0 Å². The standard InChI is InChI=1S/C39H64N2O/c1-9-40-22-24-41(25-23-40)33(42)39-20-18-34(2,3)26-30(39)29-12-13-32-36(6)16-14-28(27-10-11-27)35(4,5)31(36)15-17-38(32,8)37(29,7)19-21-39/h12,27-28,30-32H,9-11,13-26H2,1-8H3/t28-,30+,31+,32-,36+,37-,38-,39+/m1/s1. The molecule has 3 nitrogen and oxygen atoms in total. The Hall–Kier alpha value is -0.830. The van der Waals surface area contributed by atoms with E-state index in [9.17, 15) is 4.79 Å². The van der Waals surface area contributed by atoms with E-state index in [0.29, 0.717) is 33.5 Å². The third-order valence-corrected chi connectivity index (χ3v) is 16.5. The smallest absolute Gasteiger partial charge is 0.229 e. The van der Waals surface area contributed by atoms with E-state index >= 15 is 0 Å². The average Bonchev–Trinajstić information content (AvgIpc) is 3.78. The highest BCUT2D eigenvalue weighted by Crippen LogP contribution is 2.77. The summed E-state index contributed by atoms with van der Waals surface area (Å²) in [5, 5.41) is 0. The molecule has 3 heteroatoms. The zero-order valence-electron chi connectivity index (χ0n) is 28.8. The van der Waals surface area contributed by atoms with Gasteiger partial charge >= 0.3 is 0 Å². The molecule has 0 aromatic carbocycles. The van der Waals surface area contributed by atoms with Gasteiger partial charge in [0.15, 0.2) is 0 Å². The number of likely N-dealkylation sites (N-methyl/N-ethyl adjacent to an activating group) is 1. The summed E-state index contributed by atoms with van der Waals surface area (Å²) in [5.41, 5.74) is 3.39. The molecule has 6 aliphatic carbocycles. The molecule has 236 valence electrons. The number of carbonyl (C=O) groups excluding carboxylic acids is 1. The number of fused-ring (bicyclic) bond motifs is 7. The maximum atomic E-state index is 14.7. The summed E-state index contributed by atoms with van der Waals surface area (Å²) in [7, 11) is 0. The Bertz CT molecular complexity index is 1130. The van der Waals surface area contributed by atoms with Crippen LogP contribution in [0.15, 0.2) is 11.6 Å². The van der Waals surface area contributed by atoms with Crippen LogP contribution in [-0.2, 0) is 4.79 Å². The van der Waals surface area contributed by atoms with Crippen molar-refractivity contribution >= 4 is 5.91 Å². The molecule has 6 fully saturated rings. The van der Waals surface area contributed by atoms with Gasteiger partial charge in [0.1, 0.15) is 0 Å². The largest absolute Gasteiger partial charge is 0.340 e. The monoisotopic (exact) mass is 577 g/mol. The number of hydrogen-bond donors (Lipinski definition) is 0. The van der Waals surface area contributed by atoms with Crippen LogP contribution in [0.3, 0.4) is 0 Å². The number of nitrogens with zero attached hydrogens (tertiary/aromatic N) is 2. The van der Waals surface area contributed by atoms with Gasteiger partial charge in [-0.05, 0) is 140 Å². The molecule has 0 unspecified atom stereocenters. The minimum Gasteiger partial charge on any atom is -0.340 e. The van der Waals surface area contributed by atoms with Gasteiger partial charge in [-0.15, -0.1) is 0 Å². The van der Waals surface area contributed by atoms with E-state index in [1.165, 1.54) is 64.2 Å². The van der Waals surface area contributed by atoms with Crippen molar-refractivity contribution in [3.05, 3.63) is 11.6 Å². The van der Waals surface area contributed by atoms with Crippen molar-refractivity contribution < 1.29 is 4.79 Å². The van der Waals surface area contributed by atoms with E-state index in [1.54, 1.807) is 5.57 Å². The highest BCUT2D eigenvalue weighted by Gasteiger charge is 2.69. The number of piperazine rings is 1. The second-order valence-electron chi connectivity index (χ2n) is 18.9. The Balaban J connectivity index is 1.24. The average molecular weight is 577 g/mol. The van der Waals surface area contributed by atoms with Crippen LogP contribution in [-0.4, -0.2) is 48.4 Å². The zero-order valence-corrected chi connectivity index (χ0v) is 28.8. The Kier molecular flexibility index (Phi) is 6.82. The van der Waals surface area contributed by atoms with Gasteiger partial charge < -0.3 is 9.80 Å². The first-order valence-corrected chi connectivity index (χ1v) is 18.4. The Labute approximate surface area is 259 Å². The van der Waals surface area contributed by atoms with Crippen LogP contribution in [0.2, 0.25) is 0 Å². The molecule has 1 amide bonds. The number of carbonyl (C=O) groups is 1. The lowest BCUT2D eigenvalue weighted by Gasteiger charge is -2.71. The first kappa shape index (κ1) is 29.9. The van der Waals surface area contributed by atoms with Crippen LogP contribution >= 0.6 is 0 Å². The topological polar surface area (TPSA) is 23.6 Å². The third-order valence-electron chi connectivity index (χ3n) is 16.5. The molecule has 42 heavy (non-hydrogen) atoms. The van der Waals surface area contributed by atoms with Gasteiger partial charge in [0.25, 0.3) is 0 Å². The fourth-order valence-electron chi connectivity index (χ4n) is 13.6. The molecule has 7 rings (SSSR count). The van der Waals surface area contributed by atoms with Crippen LogP contribution in [0.4, 0.5) is 0 Å². The van der Waals surface area contributed by atoms with E-state index < -0.39 is 0 Å². The SMILES string of the molecule is CCN1CCN(C(=O)[C@]23CCC(C)(C)C[C@H]2C2=CC[C@@H]4[C@@]5(C)CC[C@H](C6CC6)C(C)(C)[C@@H]5CC[C@@]4(C)[C@]2(C)CC3)CC1. The van der Waals surface area contributed by atoms with Crippen molar-refractivity contribution in [3.63, 3.8) is 0 Å². The lowest BCUT2D eigenvalue weighted by molar-refractivity contribution is -0.197. The minimum absolute atomic E-state index is 0.163. The normalized spacial score (nSPS) is 48.3. The molecular formula is C39H64N2O. The second kappa shape index (κ2) is 9.59. The van der Waals surface area contributed by atoms with Gasteiger partial charge in [-0.25, -0.2) is 0 Å². The minimum atomic E-state index is -0.163. The molecule has 8 atom stereocenters. The first-order valence-electron chi connectivity index (χ1n) is 18.4. The summed E-state index contributed by atoms with van der Waals surface area (Å²) in [6.07, 6.45) is 18.6. The van der Waals surface area contributed by atoms with E-state index in [4.69, 9.17) is 0 Å². The van der Waals surface area contributed by atoms with E-state index in [2.05, 4.69) is 71.3 Å². The van der Waals surface area contributed by atoms with Crippen molar-refractivity contribution in [3.8, 4) is 0 Å². The maximum absolute atomic E-state index is 14.7. The van der Waals surface area contributed by atoms with Crippen LogP contribution in [0.25, 0.3) is 0 Å². The number of rotatable bonds is 3. The fraction of sp³-hybridized carbons (Fsp3) is 0.923. The molecule has 0 bridgehead atoms. The van der Waals surface area contributed by atoms with Crippen LogP contribution in [0, 0.1) is 62.1 Å². The summed E-state index contributed by atoms with van der Waals surface area (Å²) in [6, 6.07) is 0. The Morgan fingerprint density at radius 3 is 2.17 bits per heavy atom. The second-order valence-corrected chi connectivity index (χ2v) is 18.9. The van der Waals surface area contributed by atoms with E-state index in [-0.39, 0.29) is 10.8 Å². The zero-order chi connectivity index (χ0) is 29.9. The molecule has 0 aromatic rings. The highest BCUT2D eigenvalue weighted by atomic mass is 16.2. The number of amides is 1. The summed E-state index contributed by atoms with van der Waals surface area (Å²) >= 11 is 0. The Morgan fingerprint density at radius 1 is 0.810 bits per heavy atom. The summed E-state index contributed by atoms with van der Waals surface area (Å²) in [4.78, 5) is 19.6. The van der Waals surface area contributed by atoms with Gasteiger partial charge in [0.05, 0.1) is 5.41 Å². The predicted octanol–water partition coefficient (Wildman–Crippen LogP) is 8.98. The predicted molar refractivity (Wildman–Crippen MR) is 174 cm³/mol. The Morgan fingerprint density at radius 2 is 1.50 bits per heavy atom. The molecule has 7 aliphatic rings.